The lowest BCUT2D eigenvalue weighted by molar-refractivity contribution is 0.105. The van der Waals surface area contributed by atoms with Crippen molar-refractivity contribution in [2.24, 2.45) is 0 Å². The molecule has 0 fully saturated rings. The number of sulfonamides is 1. The quantitative estimate of drug-likeness (QED) is 0.568. The summed E-state index contributed by atoms with van der Waals surface area (Å²) in [5.41, 5.74) is 4.23. The van der Waals surface area contributed by atoms with Crippen molar-refractivity contribution in [1.82, 2.24) is 4.72 Å². The first kappa shape index (κ1) is 17.8. The molecule has 0 amide bonds. The molecule has 5 N–H and O–H groups in total. The van der Waals surface area contributed by atoms with E-state index in [4.69, 9.17) is 5.73 Å². The second-order valence-corrected chi connectivity index (χ2v) is 6.72. The standard InChI is InChI=1S/C13H21FN2O4S/c1-4-13(6-17,7-18)16-21(19,20)12-8(2)5-10(14)11(15)9(12)3/h5,16-18H,4,6-7,15H2,1-3H3. The Morgan fingerprint density at radius 1 is 1.33 bits per heavy atom. The van der Waals surface area contributed by atoms with Crippen LogP contribution in [-0.4, -0.2) is 37.4 Å². The highest BCUT2D eigenvalue weighted by atomic mass is 32.2. The maximum absolute atomic E-state index is 13.5. The van der Waals surface area contributed by atoms with Crippen molar-refractivity contribution in [3.05, 3.63) is 23.0 Å². The number of nitrogens with two attached hydrogens (primary N) is 1. The Hall–Kier alpha value is -1.22. The van der Waals surface area contributed by atoms with E-state index in [1.807, 2.05) is 0 Å². The van der Waals surface area contributed by atoms with Crippen LogP contribution < -0.4 is 10.5 Å². The van der Waals surface area contributed by atoms with Gasteiger partial charge in [-0.05, 0) is 37.5 Å². The van der Waals surface area contributed by atoms with Crippen LogP contribution in [0.5, 0.6) is 0 Å². The van der Waals surface area contributed by atoms with Crippen LogP contribution >= 0.6 is 0 Å². The number of nitrogens with one attached hydrogen (secondary N) is 1. The summed E-state index contributed by atoms with van der Waals surface area (Å²) in [6.45, 7) is 3.37. The summed E-state index contributed by atoms with van der Waals surface area (Å²) >= 11 is 0. The molecule has 0 aromatic heterocycles. The van der Waals surface area contributed by atoms with E-state index in [1.54, 1.807) is 6.92 Å². The van der Waals surface area contributed by atoms with Crippen LogP contribution in [0.15, 0.2) is 11.0 Å². The smallest absolute Gasteiger partial charge is 0.241 e. The SMILES string of the molecule is CCC(CO)(CO)NS(=O)(=O)c1c(C)cc(F)c(N)c1C. The molecule has 6 nitrogen and oxygen atoms in total. The fraction of sp³-hybridized carbons (Fsp3) is 0.538. The van der Waals surface area contributed by atoms with Gasteiger partial charge in [-0.1, -0.05) is 6.92 Å². The maximum atomic E-state index is 13.5. The predicted molar refractivity (Wildman–Crippen MR) is 77.8 cm³/mol. The summed E-state index contributed by atoms with van der Waals surface area (Å²) in [6, 6.07) is 1.04. The van der Waals surface area contributed by atoms with E-state index in [-0.39, 0.29) is 28.1 Å². The van der Waals surface area contributed by atoms with Gasteiger partial charge in [0.25, 0.3) is 0 Å². The monoisotopic (exact) mass is 320 g/mol. The number of rotatable bonds is 6. The molecule has 0 atom stereocenters. The number of anilines is 1. The second-order valence-electron chi connectivity index (χ2n) is 5.10. The molecule has 0 aliphatic carbocycles. The van der Waals surface area contributed by atoms with Gasteiger partial charge in [0.2, 0.25) is 10.0 Å². The highest BCUT2D eigenvalue weighted by Gasteiger charge is 2.34. The third-order valence-electron chi connectivity index (χ3n) is 3.60. The van der Waals surface area contributed by atoms with Crippen molar-refractivity contribution in [2.45, 2.75) is 37.6 Å². The largest absolute Gasteiger partial charge is 0.396 e. The van der Waals surface area contributed by atoms with Crippen molar-refractivity contribution >= 4 is 15.7 Å². The van der Waals surface area contributed by atoms with Crippen molar-refractivity contribution in [3.8, 4) is 0 Å². The summed E-state index contributed by atoms with van der Waals surface area (Å²) in [4.78, 5) is -0.138. The Bertz CT molecular complexity index is 619. The summed E-state index contributed by atoms with van der Waals surface area (Å²) in [6.07, 6.45) is 0.188. The highest BCUT2D eigenvalue weighted by molar-refractivity contribution is 7.89. The van der Waals surface area contributed by atoms with Crippen molar-refractivity contribution in [3.63, 3.8) is 0 Å². The van der Waals surface area contributed by atoms with E-state index in [0.29, 0.717) is 0 Å². The summed E-state index contributed by atoms with van der Waals surface area (Å²) in [5, 5.41) is 18.7. The summed E-state index contributed by atoms with van der Waals surface area (Å²) < 4.78 is 40.9. The topological polar surface area (TPSA) is 113 Å². The van der Waals surface area contributed by atoms with Gasteiger partial charge in [0.1, 0.15) is 5.82 Å². The molecular formula is C13H21FN2O4S. The first-order valence-corrected chi connectivity index (χ1v) is 7.93. The molecule has 0 bridgehead atoms. The van der Waals surface area contributed by atoms with E-state index >= 15 is 0 Å². The number of hydrogen-bond acceptors (Lipinski definition) is 5. The van der Waals surface area contributed by atoms with E-state index in [9.17, 15) is 23.0 Å². The summed E-state index contributed by atoms with van der Waals surface area (Å²) in [5.74, 6) is -0.685. The van der Waals surface area contributed by atoms with Gasteiger partial charge < -0.3 is 15.9 Å². The predicted octanol–water partition coefficient (Wildman–Crippen LogP) is 0.436. The van der Waals surface area contributed by atoms with Crippen molar-refractivity contribution in [2.75, 3.05) is 18.9 Å². The third-order valence-corrected chi connectivity index (χ3v) is 5.47. The van der Waals surface area contributed by atoms with Crippen LogP contribution in [0, 0.1) is 19.7 Å². The molecule has 1 aromatic carbocycles. The normalized spacial score (nSPS) is 12.7. The van der Waals surface area contributed by atoms with Crippen LogP contribution in [0.3, 0.4) is 0 Å². The van der Waals surface area contributed by atoms with Crippen LogP contribution in [0.4, 0.5) is 10.1 Å². The van der Waals surface area contributed by atoms with Gasteiger partial charge in [-0.2, -0.15) is 0 Å². The molecule has 1 aromatic rings. The van der Waals surface area contributed by atoms with E-state index in [2.05, 4.69) is 4.72 Å². The van der Waals surface area contributed by atoms with Gasteiger partial charge >= 0.3 is 0 Å². The number of nitrogen functional groups attached to an aromatic ring is 1. The van der Waals surface area contributed by atoms with E-state index < -0.39 is 34.6 Å². The molecule has 0 spiro atoms. The molecule has 0 heterocycles. The first-order chi connectivity index (χ1) is 9.64. The molecule has 1 rings (SSSR count). The van der Waals surface area contributed by atoms with Gasteiger partial charge in [0.05, 0.1) is 29.3 Å². The lowest BCUT2D eigenvalue weighted by Gasteiger charge is -2.30. The zero-order valence-corrected chi connectivity index (χ0v) is 13.1. The van der Waals surface area contributed by atoms with Gasteiger partial charge in [-0.3, -0.25) is 0 Å². The van der Waals surface area contributed by atoms with E-state index in [0.717, 1.165) is 6.07 Å². The van der Waals surface area contributed by atoms with Crippen LogP contribution in [0.1, 0.15) is 24.5 Å². The number of aryl methyl sites for hydroxylation is 1. The number of benzene rings is 1. The molecule has 0 saturated heterocycles. The number of aliphatic hydroxyl groups excluding tert-OH is 2. The molecule has 8 heteroatoms. The van der Waals surface area contributed by atoms with Crippen LogP contribution in [-0.2, 0) is 10.0 Å². The summed E-state index contributed by atoms with van der Waals surface area (Å²) in [7, 11) is -4.07. The molecule has 21 heavy (non-hydrogen) atoms. The number of aliphatic hydroxyl groups is 2. The Balaban J connectivity index is 3.43. The second kappa shape index (κ2) is 6.27. The lowest BCUT2D eigenvalue weighted by atomic mass is 10.0. The molecule has 0 aliphatic heterocycles. The molecule has 0 unspecified atom stereocenters. The van der Waals surface area contributed by atoms with Crippen LogP contribution in [0.2, 0.25) is 0 Å². The molecule has 0 saturated carbocycles. The maximum Gasteiger partial charge on any atom is 0.241 e. The zero-order chi connectivity index (χ0) is 16.4. The Labute approximate surface area is 123 Å². The minimum atomic E-state index is -4.07. The highest BCUT2D eigenvalue weighted by Crippen LogP contribution is 2.28. The van der Waals surface area contributed by atoms with Crippen LogP contribution in [0.25, 0.3) is 0 Å². The van der Waals surface area contributed by atoms with Crippen molar-refractivity contribution in [1.29, 1.82) is 0 Å². The Morgan fingerprint density at radius 3 is 2.29 bits per heavy atom. The number of halogens is 1. The number of hydrogen-bond donors (Lipinski definition) is 4. The fourth-order valence-corrected chi connectivity index (χ4v) is 4.03. The fourth-order valence-electron chi connectivity index (χ4n) is 2.09. The zero-order valence-electron chi connectivity index (χ0n) is 12.3. The average molecular weight is 320 g/mol. The van der Waals surface area contributed by atoms with Gasteiger partial charge in [-0.15, -0.1) is 0 Å². The van der Waals surface area contributed by atoms with Crippen molar-refractivity contribution < 1.29 is 23.0 Å². The minimum Gasteiger partial charge on any atom is -0.396 e. The molecular weight excluding hydrogens is 299 g/mol. The van der Waals surface area contributed by atoms with Gasteiger partial charge in [0.15, 0.2) is 0 Å². The lowest BCUT2D eigenvalue weighted by Crippen LogP contribution is -2.53. The third kappa shape index (κ3) is 3.34. The Morgan fingerprint density at radius 2 is 1.86 bits per heavy atom. The molecule has 0 aliphatic rings. The minimum absolute atomic E-state index is 0.0980. The first-order valence-electron chi connectivity index (χ1n) is 6.45. The van der Waals surface area contributed by atoms with E-state index in [1.165, 1.54) is 13.8 Å². The van der Waals surface area contributed by atoms with Gasteiger partial charge in [0, 0.05) is 0 Å². The molecule has 120 valence electrons. The molecule has 0 radical (unpaired) electrons. The Kier molecular flexibility index (Phi) is 5.32. The van der Waals surface area contributed by atoms with Gasteiger partial charge in [-0.25, -0.2) is 17.5 Å². The average Bonchev–Trinajstić information content (AvgIpc) is 2.42.